The molecule has 2 aliphatic rings. The molecule has 1 aliphatic carbocycles. The molecule has 1 saturated carbocycles. The van der Waals surface area contributed by atoms with Gasteiger partial charge in [0.2, 0.25) is 0 Å². The fourth-order valence-electron chi connectivity index (χ4n) is 4.30. The van der Waals surface area contributed by atoms with Crippen molar-refractivity contribution in [2.75, 3.05) is 11.4 Å². The summed E-state index contributed by atoms with van der Waals surface area (Å²) in [6.07, 6.45) is 4.96. The van der Waals surface area contributed by atoms with Crippen molar-refractivity contribution >= 4 is 23.1 Å². The minimum atomic E-state index is 0.107. The molecule has 2 aromatic rings. The largest absolute Gasteiger partial charge is 0.363 e. The Hall–Kier alpha value is -1.80. The van der Waals surface area contributed by atoms with Gasteiger partial charge in [-0.25, -0.2) is 0 Å². The molecule has 0 bridgehead atoms. The number of nitrogens with zero attached hydrogens (tertiary/aromatic N) is 1. The SMILES string of the molecule is O=C1CCCC[C@@H]1[C@H]1c2ccccc2CCN1c1ccc(Cl)cc1. The maximum atomic E-state index is 12.7. The van der Waals surface area contributed by atoms with Gasteiger partial charge in [0.15, 0.2) is 0 Å². The Labute approximate surface area is 148 Å². The highest BCUT2D eigenvalue weighted by Crippen LogP contribution is 2.42. The molecular formula is C21H22ClNO. The number of hydrogen-bond acceptors (Lipinski definition) is 2. The lowest BCUT2D eigenvalue weighted by atomic mass is 9.76. The molecule has 0 saturated heterocycles. The molecule has 1 fully saturated rings. The number of carbonyl (C=O) groups excluding carboxylic acids is 1. The number of fused-ring (bicyclic) bond motifs is 1. The minimum Gasteiger partial charge on any atom is -0.363 e. The van der Waals surface area contributed by atoms with Gasteiger partial charge in [-0.2, -0.15) is 0 Å². The quantitative estimate of drug-likeness (QED) is 0.749. The van der Waals surface area contributed by atoms with Gasteiger partial charge < -0.3 is 4.90 Å². The molecule has 0 radical (unpaired) electrons. The maximum Gasteiger partial charge on any atom is 0.138 e. The van der Waals surface area contributed by atoms with Crippen LogP contribution in [0.1, 0.15) is 42.9 Å². The molecule has 0 unspecified atom stereocenters. The average molecular weight is 340 g/mol. The third-order valence-electron chi connectivity index (χ3n) is 5.47. The molecule has 1 heterocycles. The first-order valence-electron chi connectivity index (χ1n) is 8.87. The van der Waals surface area contributed by atoms with Crippen LogP contribution >= 0.6 is 11.6 Å². The highest BCUT2D eigenvalue weighted by atomic mass is 35.5. The Morgan fingerprint density at radius 3 is 2.54 bits per heavy atom. The van der Waals surface area contributed by atoms with Crippen LogP contribution in [0.15, 0.2) is 48.5 Å². The first-order valence-corrected chi connectivity index (χ1v) is 9.24. The van der Waals surface area contributed by atoms with Crippen LogP contribution in [-0.4, -0.2) is 12.3 Å². The lowest BCUT2D eigenvalue weighted by Gasteiger charge is -2.43. The first kappa shape index (κ1) is 15.7. The zero-order valence-corrected chi connectivity index (χ0v) is 14.5. The normalized spacial score (nSPS) is 23.9. The summed E-state index contributed by atoms with van der Waals surface area (Å²) in [5.74, 6) is 0.540. The van der Waals surface area contributed by atoms with Crippen molar-refractivity contribution in [1.29, 1.82) is 0 Å². The summed E-state index contributed by atoms with van der Waals surface area (Å²) in [6, 6.07) is 16.8. The Balaban J connectivity index is 1.77. The van der Waals surface area contributed by atoms with E-state index in [1.54, 1.807) is 0 Å². The van der Waals surface area contributed by atoms with Crippen LogP contribution in [0, 0.1) is 5.92 Å². The molecule has 0 amide bonds. The number of benzene rings is 2. The summed E-state index contributed by atoms with van der Waals surface area (Å²) in [4.78, 5) is 15.1. The highest BCUT2D eigenvalue weighted by Gasteiger charge is 2.38. The van der Waals surface area contributed by atoms with Gasteiger partial charge in [-0.15, -0.1) is 0 Å². The predicted octanol–water partition coefficient (Wildman–Crippen LogP) is 5.20. The van der Waals surface area contributed by atoms with Crippen molar-refractivity contribution in [1.82, 2.24) is 0 Å². The number of Topliss-reactive ketones (excluding diaryl/α,β-unsaturated/α-hetero) is 1. The zero-order valence-electron chi connectivity index (χ0n) is 13.7. The van der Waals surface area contributed by atoms with E-state index in [0.29, 0.717) is 5.78 Å². The van der Waals surface area contributed by atoms with E-state index in [9.17, 15) is 4.79 Å². The van der Waals surface area contributed by atoms with Gasteiger partial charge in [-0.3, -0.25) is 4.79 Å². The van der Waals surface area contributed by atoms with Crippen molar-refractivity contribution in [2.45, 2.75) is 38.1 Å². The van der Waals surface area contributed by atoms with Crippen LogP contribution in [0.5, 0.6) is 0 Å². The number of ketones is 1. The summed E-state index contributed by atoms with van der Waals surface area (Å²) in [5.41, 5.74) is 3.89. The molecule has 0 aromatic heterocycles. The fourth-order valence-corrected chi connectivity index (χ4v) is 4.42. The zero-order chi connectivity index (χ0) is 16.5. The van der Waals surface area contributed by atoms with Gasteiger partial charge in [0.05, 0.1) is 6.04 Å². The van der Waals surface area contributed by atoms with Crippen LogP contribution in [-0.2, 0) is 11.2 Å². The van der Waals surface area contributed by atoms with E-state index in [1.807, 2.05) is 12.1 Å². The second-order valence-corrected chi connectivity index (χ2v) is 7.32. The molecule has 2 aromatic carbocycles. The number of hydrogen-bond donors (Lipinski definition) is 0. The molecule has 24 heavy (non-hydrogen) atoms. The molecule has 2 nitrogen and oxygen atoms in total. The molecule has 0 N–H and O–H groups in total. The van der Waals surface area contributed by atoms with Gasteiger partial charge >= 0.3 is 0 Å². The van der Waals surface area contributed by atoms with Gasteiger partial charge in [0.1, 0.15) is 5.78 Å². The third-order valence-corrected chi connectivity index (χ3v) is 5.72. The van der Waals surface area contributed by atoms with Gasteiger partial charge in [0.25, 0.3) is 0 Å². The summed E-state index contributed by atoms with van der Waals surface area (Å²) in [7, 11) is 0. The number of halogens is 1. The molecule has 4 rings (SSSR count). The van der Waals surface area contributed by atoms with E-state index in [0.717, 1.165) is 49.4 Å². The van der Waals surface area contributed by atoms with Crippen LogP contribution in [0.4, 0.5) is 5.69 Å². The second kappa shape index (κ2) is 6.60. The van der Waals surface area contributed by atoms with Crippen molar-refractivity contribution in [3.05, 3.63) is 64.7 Å². The molecule has 124 valence electrons. The van der Waals surface area contributed by atoms with Crippen molar-refractivity contribution < 1.29 is 4.79 Å². The Kier molecular flexibility index (Phi) is 4.32. The average Bonchev–Trinajstić information content (AvgIpc) is 2.62. The van der Waals surface area contributed by atoms with Crippen LogP contribution in [0.3, 0.4) is 0 Å². The van der Waals surface area contributed by atoms with Crippen molar-refractivity contribution in [3.8, 4) is 0 Å². The van der Waals surface area contributed by atoms with Crippen LogP contribution < -0.4 is 4.90 Å². The molecule has 1 aliphatic heterocycles. The Morgan fingerprint density at radius 1 is 0.958 bits per heavy atom. The monoisotopic (exact) mass is 339 g/mol. The van der Waals surface area contributed by atoms with E-state index in [4.69, 9.17) is 11.6 Å². The van der Waals surface area contributed by atoms with E-state index in [-0.39, 0.29) is 12.0 Å². The summed E-state index contributed by atoms with van der Waals surface area (Å²) < 4.78 is 0. The van der Waals surface area contributed by atoms with Crippen molar-refractivity contribution in [3.63, 3.8) is 0 Å². The number of anilines is 1. The molecular weight excluding hydrogens is 318 g/mol. The summed E-state index contributed by atoms with van der Waals surface area (Å²) >= 11 is 6.07. The summed E-state index contributed by atoms with van der Waals surface area (Å²) in [5, 5.41) is 0.751. The van der Waals surface area contributed by atoms with Crippen LogP contribution in [0.25, 0.3) is 0 Å². The summed E-state index contributed by atoms with van der Waals surface area (Å²) in [6.45, 7) is 0.951. The fraction of sp³-hybridized carbons (Fsp3) is 0.381. The van der Waals surface area contributed by atoms with Gasteiger partial charge in [-0.05, 0) is 54.7 Å². The lowest BCUT2D eigenvalue weighted by Crippen LogP contribution is -2.42. The minimum absolute atomic E-state index is 0.107. The van der Waals surface area contributed by atoms with E-state index in [2.05, 4.69) is 41.3 Å². The standard InChI is InChI=1S/C21H22ClNO/c22-16-9-11-17(12-10-16)23-14-13-15-5-1-2-6-18(15)21(23)19-7-3-4-8-20(19)24/h1-2,5-6,9-12,19,21H,3-4,7-8,13-14H2/t19-,21+/m0/s1. The lowest BCUT2D eigenvalue weighted by molar-refractivity contribution is -0.125. The molecule has 2 atom stereocenters. The first-order chi connectivity index (χ1) is 11.7. The number of carbonyl (C=O) groups is 1. The maximum absolute atomic E-state index is 12.7. The Morgan fingerprint density at radius 2 is 1.75 bits per heavy atom. The molecule has 0 spiro atoms. The van der Waals surface area contributed by atoms with E-state index < -0.39 is 0 Å². The molecule has 3 heteroatoms. The smallest absolute Gasteiger partial charge is 0.138 e. The number of rotatable bonds is 2. The predicted molar refractivity (Wildman–Crippen MR) is 98.7 cm³/mol. The Bertz CT molecular complexity index is 740. The van der Waals surface area contributed by atoms with E-state index >= 15 is 0 Å². The van der Waals surface area contributed by atoms with Crippen LogP contribution in [0.2, 0.25) is 5.02 Å². The van der Waals surface area contributed by atoms with Gasteiger partial charge in [0, 0.05) is 29.6 Å². The highest BCUT2D eigenvalue weighted by molar-refractivity contribution is 6.30. The third kappa shape index (κ3) is 2.84. The topological polar surface area (TPSA) is 20.3 Å². The van der Waals surface area contributed by atoms with E-state index in [1.165, 1.54) is 11.1 Å². The second-order valence-electron chi connectivity index (χ2n) is 6.88. The van der Waals surface area contributed by atoms with Crippen molar-refractivity contribution in [2.24, 2.45) is 5.92 Å². The van der Waals surface area contributed by atoms with Gasteiger partial charge in [-0.1, -0.05) is 42.3 Å².